The van der Waals surface area contributed by atoms with Gasteiger partial charge in [0.15, 0.2) is 0 Å². The molecule has 1 rings (SSSR count). The van der Waals surface area contributed by atoms with Crippen molar-refractivity contribution in [2.45, 2.75) is 12.5 Å². The molecule has 0 amide bonds. The molecule has 2 nitrogen and oxygen atoms in total. The van der Waals surface area contributed by atoms with Gasteiger partial charge in [-0.1, -0.05) is 0 Å². The summed E-state index contributed by atoms with van der Waals surface area (Å²) in [5.74, 6) is 2.57. The van der Waals surface area contributed by atoms with Crippen molar-refractivity contribution in [3.05, 3.63) is 0 Å². The van der Waals surface area contributed by atoms with Crippen molar-refractivity contribution in [3.63, 3.8) is 0 Å². The smallest absolute Gasteiger partial charge is 0.0625 e. The van der Waals surface area contributed by atoms with Crippen molar-refractivity contribution >= 4 is 11.8 Å². The fraction of sp³-hybridized carbons (Fsp3) is 0.833. The van der Waals surface area contributed by atoms with Crippen LogP contribution in [0, 0.1) is 17.2 Å². The van der Waals surface area contributed by atoms with E-state index in [0.717, 1.165) is 11.5 Å². The molecule has 0 aromatic heterocycles. The first-order valence-corrected chi connectivity index (χ1v) is 4.20. The highest BCUT2D eigenvalue weighted by Gasteiger charge is 2.23. The lowest BCUT2D eigenvalue weighted by Crippen LogP contribution is -2.27. The molecule has 0 aromatic carbocycles. The van der Waals surface area contributed by atoms with Crippen molar-refractivity contribution < 1.29 is 0 Å². The van der Waals surface area contributed by atoms with Crippen LogP contribution in [0.25, 0.3) is 0 Å². The number of nitrogens with zero attached hydrogens (tertiary/aromatic N) is 1. The molecule has 9 heavy (non-hydrogen) atoms. The quantitative estimate of drug-likeness (QED) is 0.583. The molecule has 2 atom stereocenters. The number of thioether (sulfide) groups is 1. The second-order valence-electron chi connectivity index (χ2n) is 2.32. The molecule has 0 bridgehead atoms. The van der Waals surface area contributed by atoms with Crippen LogP contribution >= 0.6 is 11.8 Å². The molecular formula is C6H10N2S. The highest BCUT2D eigenvalue weighted by molar-refractivity contribution is 7.99. The Morgan fingerprint density at radius 3 is 2.89 bits per heavy atom. The van der Waals surface area contributed by atoms with Crippen LogP contribution in [0.2, 0.25) is 0 Å². The van der Waals surface area contributed by atoms with Gasteiger partial charge in [-0.25, -0.2) is 0 Å². The van der Waals surface area contributed by atoms with Gasteiger partial charge in [-0.3, -0.25) is 0 Å². The summed E-state index contributed by atoms with van der Waals surface area (Å²) >= 11 is 1.85. The zero-order valence-electron chi connectivity index (χ0n) is 5.21. The maximum Gasteiger partial charge on any atom is 0.0625 e. The molecule has 1 aliphatic rings. The lowest BCUT2D eigenvalue weighted by molar-refractivity contribution is 0.529. The summed E-state index contributed by atoms with van der Waals surface area (Å²) in [7, 11) is 0. The normalized spacial score (nSPS) is 34.2. The Morgan fingerprint density at radius 1 is 1.67 bits per heavy atom. The first-order valence-electron chi connectivity index (χ1n) is 3.05. The molecule has 1 aliphatic heterocycles. The second kappa shape index (κ2) is 3.09. The van der Waals surface area contributed by atoms with Crippen molar-refractivity contribution in [2.24, 2.45) is 11.7 Å². The van der Waals surface area contributed by atoms with Crippen LogP contribution in [0.1, 0.15) is 6.42 Å². The van der Waals surface area contributed by atoms with E-state index in [0.29, 0.717) is 12.3 Å². The molecule has 2 N–H and O–H groups in total. The molecule has 0 unspecified atom stereocenters. The van der Waals surface area contributed by atoms with E-state index >= 15 is 0 Å². The fourth-order valence-electron chi connectivity index (χ4n) is 0.943. The summed E-state index contributed by atoms with van der Waals surface area (Å²) in [5, 5.41) is 8.33. The van der Waals surface area contributed by atoms with Crippen LogP contribution in [-0.2, 0) is 0 Å². The van der Waals surface area contributed by atoms with Gasteiger partial charge in [-0.15, -0.1) is 0 Å². The Bertz CT molecular complexity index is 130. The van der Waals surface area contributed by atoms with Gasteiger partial charge in [0.2, 0.25) is 0 Å². The number of hydrogen-bond donors (Lipinski definition) is 1. The topological polar surface area (TPSA) is 49.8 Å². The van der Waals surface area contributed by atoms with E-state index < -0.39 is 0 Å². The minimum atomic E-state index is 0.273. The Kier molecular flexibility index (Phi) is 2.38. The average Bonchev–Trinajstić information content (AvgIpc) is 2.18. The summed E-state index contributed by atoms with van der Waals surface area (Å²) in [6.45, 7) is 0. The summed E-state index contributed by atoms with van der Waals surface area (Å²) in [4.78, 5) is 0. The van der Waals surface area contributed by atoms with E-state index in [2.05, 4.69) is 6.07 Å². The predicted molar refractivity (Wildman–Crippen MR) is 39.0 cm³/mol. The molecular weight excluding hydrogens is 132 g/mol. The van der Waals surface area contributed by atoms with Crippen molar-refractivity contribution in [1.82, 2.24) is 0 Å². The fourth-order valence-corrected chi connectivity index (χ4v) is 2.29. The lowest BCUT2D eigenvalue weighted by Gasteiger charge is -2.07. The van der Waals surface area contributed by atoms with Crippen molar-refractivity contribution in [2.75, 3.05) is 11.5 Å². The highest BCUT2D eigenvalue weighted by atomic mass is 32.2. The van der Waals surface area contributed by atoms with Crippen molar-refractivity contribution in [1.29, 1.82) is 5.26 Å². The SMILES string of the molecule is N#CC[C@H]1CSC[C@@H]1N. The third kappa shape index (κ3) is 1.60. The first kappa shape index (κ1) is 6.91. The van der Waals surface area contributed by atoms with Gasteiger partial charge >= 0.3 is 0 Å². The third-order valence-electron chi connectivity index (χ3n) is 1.60. The van der Waals surface area contributed by atoms with Crippen LogP contribution < -0.4 is 5.73 Å². The standard InChI is InChI=1S/C6H10N2S/c7-2-1-5-3-9-4-6(5)8/h5-6H,1,3-4,8H2/t5-,6-/m0/s1. The van der Waals surface area contributed by atoms with Crippen LogP contribution in [0.5, 0.6) is 0 Å². The summed E-state index contributed by atoms with van der Waals surface area (Å²) < 4.78 is 0. The Balaban J connectivity index is 2.33. The van der Waals surface area contributed by atoms with E-state index in [9.17, 15) is 0 Å². The maximum absolute atomic E-state index is 8.33. The Morgan fingerprint density at radius 2 is 2.44 bits per heavy atom. The van der Waals surface area contributed by atoms with Crippen LogP contribution in [0.4, 0.5) is 0 Å². The lowest BCUT2D eigenvalue weighted by atomic mass is 10.0. The largest absolute Gasteiger partial charge is 0.327 e. The minimum Gasteiger partial charge on any atom is -0.327 e. The van der Waals surface area contributed by atoms with Gasteiger partial charge in [0.25, 0.3) is 0 Å². The molecule has 50 valence electrons. The maximum atomic E-state index is 8.33. The summed E-state index contributed by atoms with van der Waals surface area (Å²) in [6, 6.07) is 2.42. The van der Waals surface area contributed by atoms with E-state index in [4.69, 9.17) is 11.0 Å². The van der Waals surface area contributed by atoms with Gasteiger partial charge in [-0.05, 0) is 11.7 Å². The molecule has 0 saturated carbocycles. The van der Waals surface area contributed by atoms with Gasteiger partial charge in [0.1, 0.15) is 0 Å². The molecule has 1 saturated heterocycles. The van der Waals surface area contributed by atoms with E-state index in [1.165, 1.54) is 0 Å². The number of nitriles is 1. The number of hydrogen-bond acceptors (Lipinski definition) is 3. The van der Waals surface area contributed by atoms with E-state index in [1.807, 2.05) is 11.8 Å². The molecule has 0 aromatic rings. The molecule has 1 heterocycles. The molecule has 3 heteroatoms. The number of nitrogens with two attached hydrogens (primary N) is 1. The minimum absolute atomic E-state index is 0.273. The summed E-state index contributed by atoms with van der Waals surface area (Å²) in [6.07, 6.45) is 0.633. The number of rotatable bonds is 1. The van der Waals surface area contributed by atoms with Crippen LogP contribution in [0.15, 0.2) is 0 Å². The monoisotopic (exact) mass is 142 g/mol. The van der Waals surface area contributed by atoms with Crippen molar-refractivity contribution in [3.8, 4) is 6.07 Å². The zero-order valence-corrected chi connectivity index (χ0v) is 6.03. The van der Waals surface area contributed by atoms with Gasteiger partial charge < -0.3 is 5.73 Å². The van der Waals surface area contributed by atoms with Gasteiger partial charge in [0, 0.05) is 18.2 Å². The second-order valence-corrected chi connectivity index (χ2v) is 3.40. The molecule has 1 fully saturated rings. The molecule has 0 spiro atoms. The highest BCUT2D eigenvalue weighted by Crippen LogP contribution is 2.24. The molecule has 0 radical (unpaired) electrons. The predicted octanol–water partition coefficient (Wildman–Crippen LogP) is 0.590. The van der Waals surface area contributed by atoms with Gasteiger partial charge in [0.05, 0.1) is 6.07 Å². The summed E-state index contributed by atoms with van der Waals surface area (Å²) in [5.41, 5.74) is 5.69. The Hall–Kier alpha value is -0.200. The van der Waals surface area contributed by atoms with Crippen LogP contribution in [-0.4, -0.2) is 17.5 Å². The van der Waals surface area contributed by atoms with Crippen LogP contribution in [0.3, 0.4) is 0 Å². The van der Waals surface area contributed by atoms with Gasteiger partial charge in [-0.2, -0.15) is 17.0 Å². The van der Waals surface area contributed by atoms with E-state index in [1.54, 1.807) is 0 Å². The first-order chi connectivity index (χ1) is 4.34. The molecule has 0 aliphatic carbocycles. The van der Waals surface area contributed by atoms with E-state index in [-0.39, 0.29) is 6.04 Å². The third-order valence-corrected chi connectivity index (χ3v) is 2.89. The zero-order chi connectivity index (χ0) is 6.69. The average molecular weight is 142 g/mol. The Labute approximate surface area is 59.4 Å².